The monoisotopic (exact) mass is 982 g/mol. The molecule has 0 atom stereocenters. The van der Waals surface area contributed by atoms with Crippen molar-refractivity contribution in [3.8, 4) is 33.6 Å². The lowest BCUT2D eigenvalue weighted by molar-refractivity contribution is 0.768. The van der Waals surface area contributed by atoms with Crippen LogP contribution in [0.3, 0.4) is 0 Å². The molecule has 1 aliphatic carbocycles. The Labute approximate surface area is 443 Å². The summed E-state index contributed by atoms with van der Waals surface area (Å²) in [6.07, 6.45) is 0. The fourth-order valence-corrected chi connectivity index (χ4v) is 18.3. The highest BCUT2D eigenvalue weighted by Gasteiger charge is 2.47. The number of benzene rings is 12. The maximum Gasteiger partial charge on any atom is 0.179 e. The van der Waals surface area contributed by atoms with Crippen molar-refractivity contribution < 1.29 is 0 Å². The van der Waals surface area contributed by atoms with Crippen molar-refractivity contribution in [1.29, 1.82) is 0 Å². The molecule has 14 aromatic rings. The maximum atomic E-state index is 2.51. The SMILES string of the molecule is c1ccc(C2(c3ccccc3)c3ccccc3-c3c(-c4ccc5c6ccccc6n(-c6ccc7c8ccccc8n(-c8cccc([Si](c9ccccc9)(c9ccccc9)c9ccccc9)c8)c7c6)c5c4)cccc32)cc1. The lowest BCUT2D eigenvalue weighted by Gasteiger charge is -2.34. The van der Waals surface area contributed by atoms with Crippen LogP contribution in [0.15, 0.2) is 303 Å². The molecule has 356 valence electrons. The second-order valence-electron chi connectivity index (χ2n) is 20.3. The summed E-state index contributed by atoms with van der Waals surface area (Å²) in [5, 5.41) is 10.3. The average Bonchev–Trinajstić information content (AvgIpc) is 4.20. The van der Waals surface area contributed by atoms with E-state index in [-0.39, 0.29) is 0 Å². The molecule has 0 unspecified atom stereocenters. The van der Waals surface area contributed by atoms with Crippen molar-refractivity contribution in [3.63, 3.8) is 0 Å². The lowest BCUT2D eigenvalue weighted by atomic mass is 9.67. The van der Waals surface area contributed by atoms with Crippen LogP contribution >= 0.6 is 0 Å². The van der Waals surface area contributed by atoms with Gasteiger partial charge in [-0.2, -0.15) is 0 Å². The van der Waals surface area contributed by atoms with Gasteiger partial charge in [0, 0.05) is 32.9 Å². The Kier molecular flexibility index (Phi) is 10.2. The number of fused-ring (bicyclic) bond motifs is 9. The lowest BCUT2D eigenvalue weighted by Crippen LogP contribution is -2.74. The van der Waals surface area contributed by atoms with Crippen molar-refractivity contribution >= 4 is 72.4 Å². The van der Waals surface area contributed by atoms with Gasteiger partial charge >= 0.3 is 0 Å². The summed E-state index contributed by atoms with van der Waals surface area (Å²) in [4.78, 5) is 0. The summed E-state index contributed by atoms with van der Waals surface area (Å²) in [5.41, 5.74) is 16.6. The molecule has 0 fully saturated rings. The second-order valence-corrected chi connectivity index (χ2v) is 24.1. The molecule has 1 aliphatic rings. The molecule has 0 bridgehead atoms. The third kappa shape index (κ3) is 6.40. The first-order chi connectivity index (χ1) is 37.7. The van der Waals surface area contributed by atoms with E-state index in [1.54, 1.807) is 0 Å². The topological polar surface area (TPSA) is 9.86 Å². The van der Waals surface area contributed by atoms with Gasteiger partial charge in [0.05, 0.1) is 27.5 Å². The summed E-state index contributed by atoms with van der Waals surface area (Å²) < 4.78 is 5.01. The van der Waals surface area contributed by atoms with Crippen molar-refractivity contribution in [2.75, 3.05) is 0 Å². The van der Waals surface area contributed by atoms with Gasteiger partial charge in [-0.05, 0) is 108 Å². The minimum absolute atomic E-state index is 0.481. The first kappa shape index (κ1) is 44.0. The molecule has 0 saturated carbocycles. The van der Waals surface area contributed by atoms with Gasteiger partial charge in [-0.3, -0.25) is 0 Å². The molecule has 12 aromatic carbocycles. The molecule has 2 aromatic heterocycles. The zero-order valence-electron chi connectivity index (χ0n) is 41.8. The summed E-state index contributed by atoms with van der Waals surface area (Å²) in [6, 6.07) is 113. The van der Waals surface area contributed by atoms with E-state index in [9.17, 15) is 0 Å². The van der Waals surface area contributed by atoms with Crippen molar-refractivity contribution in [2.45, 2.75) is 5.41 Å². The quantitative estimate of drug-likeness (QED) is 0.101. The van der Waals surface area contributed by atoms with E-state index in [4.69, 9.17) is 0 Å². The number of aromatic nitrogens is 2. The average molecular weight is 983 g/mol. The predicted molar refractivity (Wildman–Crippen MR) is 321 cm³/mol. The van der Waals surface area contributed by atoms with E-state index in [1.165, 1.54) is 109 Å². The highest BCUT2D eigenvalue weighted by Crippen LogP contribution is 2.58. The molecule has 0 aliphatic heterocycles. The fraction of sp³-hybridized carbons (Fsp3) is 0.0137. The Morgan fingerprint density at radius 2 is 0.684 bits per heavy atom. The molecule has 2 nitrogen and oxygen atoms in total. The number of rotatable bonds is 9. The summed E-state index contributed by atoms with van der Waals surface area (Å²) in [6.45, 7) is 0. The highest BCUT2D eigenvalue weighted by atomic mass is 28.3. The zero-order valence-corrected chi connectivity index (χ0v) is 42.8. The minimum Gasteiger partial charge on any atom is -0.309 e. The van der Waals surface area contributed by atoms with Gasteiger partial charge in [0.15, 0.2) is 8.07 Å². The number of para-hydroxylation sites is 2. The molecule has 2 heterocycles. The molecule has 3 heteroatoms. The Morgan fingerprint density at radius 1 is 0.263 bits per heavy atom. The molecule has 15 rings (SSSR count). The molecule has 76 heavy (non-hydrogen) atoms. The van der Waals surface area contributed by atoms with Crippen molar-refractivity contribution in [2.24, 2.45) is 0 Å². The Balaban J connectivity index is 0.950. The molecular formula is C73H50N2Si. The first-order valence-electron chi connectivity index (χ1n) is 26.4. The smallest absolute Gasteiger partial charge is 0.179 e. The Hall–Kier alpha value is -9.54. The second kappa shape index (κ2) is 17.6. The van der Waals surface area contributed by atoms with Crippen molar-refractivity contribution in [1.82, 2.24) is 9.13 Å². The van der Waals surface area contributed by atoms with Crippen LogP contribution in [-0.4, -0.2) is 17.2 Å². The molecular weight excluding hydrogens is 933 g/mol. The summed E-state index contributed by atoms with van der Waals surface area (Å²) >= 11 is 0. The van der Waals surface area contributed by atoms with Crippen LogP contribution < -0.4 is 20.7 Å². The number of hydrogen-bond donors (Lipinski definition) is 0. The van der Waals surface area contributed by atoms with Crippen LogP contribution in [0.1, 0.15) is 22.3 Å². The van der Waals surface area contributed by atoms with Gasteiger partial charge in [0.2, 0.25) is 0 Å². The van der Waals surface area contributed by atoms with E-state index < -0.39 is 13.5 Å². The maximum absolute atomic E-state index is 2.81. The molecule has 0 saturated heterocycles. The van der Waals surface area contributed by atoms with Crippen LogP contribution in [0.25, 0.3) is 77.2 Å². The molecule has 0 radical (unpaired) electrons. The molecule has 0 spiro atoms. The Bertz CT molecular complexity index is 4360. The van der Waals surface area contributed by atoms with E-state index in [1.807, 2.05) is 0 Å². The molecule has 0 amide bonds. The zero-order chi connectivity index (χ0) is 50.2. The van der Waals surface area contributed by atoms with Gasteiger partial charge in [0.1, 0.15) is 0 Å². The van der Waals surface area contributed by atoms with Crippen LogP contribution in [0.5, 0.6) is 0 Å². The van der Waals surface area contributed by atoms with Crippen LogP contribution in [0, 0.1) is 0 Å². The standard InChI is InChI=1S/C73H50N2Si/c1-6-24-52(25-7-1)73(53-26-8-2-9-27-53)66-40-19-16-38-65(66)72-60(39-23-41-67(72)73)51-44-46-63-61-36-17-21-43-69(61)75(70(63)48-51)55-45-47-64-62-37-18-20-42-68(62)74(71(64)50-55)54-28-22-35-59(49-54)76(56-29-10-3-11-30-56,57-31-12-4-13-32-57)58-33-14-5-15-34-58/h1-50H. The fourth-order valence-electron chi connectivity index (χ4n) is 13.5. The highest BCUT2D eigenvalue weighted by molar-refractivity contribution is 7.19. The third-order valence-corrected chi connectivity index (χ3v) is 21.3. The van der Waals surface area contributed by atoms with Gasteiger partial charge < -0.3 is 9.13 Å². The van der Waals surface area contributed by atoms with Gasteiger partial charge in [-0.25, -0.2) is 0 Å². The van der Waals surface area contributed by atoms with E-state index in [2.05, 4.69) is 312 Å². The largest absolute Gasteiger partial charge is 0.309 e. The number of nitrogens with zero attached hydrogens (tertiary/aromatic N) is 2. The van der Waals surface area contributed by atoms with Crippen LogP contribution in [-0.2, 0) is 5.41 Å². The van der Waals surface area contributed by atoms with Crippen molar-refractivity contribution in [3.05, 3.63) is 326 Å². The molecule has 0 N–H and O–H groups in total. The number of hydrogen-bond acceptors (Lipinski definition) is 0. The van der Waals surface area contributed by atoms with E-state index in [0.29, 0.717) is 0 Å². The van der Waals surface area contributed by atoms with Gasteiger partial charge in [-0.1, -0.05) is 261 Å². The van der Waals surface area contributed by atoms with Gasteiger partial charge in [-0.15, -0.1) is 0 Å². The van der Waals surface area contributed by atoms with Crippen LogP contribution in [0.2, 0.25) is 0 Å². The summed E-state index contributed by atoms with van der Waals surface area (Å²) in [7, 11) is -2.81. The normalized spacial score (nSPS) is 12.8. The van der Waals surface area contributed by atoms with Crippen LogP contribution in [0.4, 0.5) is 0 Å². The third-order valence-electron chi connectivity index (χ3n) is 16.5. The van der Waals surface area contributed by atoms with E-state index in [0.717, 1.165) is 11.4 Å². The summed E-state index contributed by atoms with van der Waals surface area (Å²) in [5.74, 6) is 0. The first-order valence-corrected chi connectivity index (χ1v) is 28.4. The predicted octanol–water partition coefficient (Wildman–Crippen LogP) is 15.3. The van der Waals surface area contributed by atoms with E-state index >= 15 is 0 Å². The van der Waals surface area contributed by atoms with Gasteiger partial charge in [0.25, 0.3) is 0 Å². The minimum atomic E-state index is -2.81. The Morgan fingerprint density at radius 3 is 1.28 bits per heavy atom.